The van der Waals surface area contributed by atoms with Crippen molar-refractivity contribution in [3.8, 4) is 12.0 Å². The maximum atomic E-state index is 12.0. The average molecular weight is 455 g/mol. The number of benzene rings is 2. The first-order valence-corrected chi connectivity index (χ1v) is 11.1. The van der Waals surface area contributed by atoms with Crippen molar-refractivity contribution >= 4 is 33.0 Å². The van der Waals surface area contributed by atoms with Gasteiger partial charge in [-0.1, -0.05) is 36.4 Å². The second-order valence-corrected chi connectivity index (χ2v) is 8.63. The van der Waals surface area contributed by atoms with Crippen molar-refractivity contribution in [1.82, 2.24) is 24.5 Å². The van der Waals surface area contributed by atoms with Gasteiger partial charge in [0.25, 0.3) is 0 Å². The summed E-state index contributed by atoms with van der Waals surface area (Å²) >= 11 is 0. The number of rotatable bonds is 7. The number of methoxy groups -OCH3 is 1. The van der Waals surface area contributed by atoms with Gasteiger partial charge >= 0.3 is 6.01 Å². The summed E-state index contributed by atoms with van der Waals surface area (Å²) in [5, 5.41) is 8.57. The molecule has 32 heavy (non-hydrogen) atoms. The molecule has 2 aromatic carbocycles. The van der Waals surface area contributed by atoms with Crippen molar-refractivity contribution in [1.29, 1.82) is 0 Å². The van der Waals surface area contributed by atoms with Crippen LogP contribution in [0.15, 0.2) is 53.4 Å². The van der Waals surface area contributed by atoms with Crippen LogP contribution in [0, 0.1) is 0 Å². The van der Waals surface area contributed by atoms with E-state index in [0.717, 1.165) is 5.56 Å². The van der Waals surface area contributed by atoms with E-state index >= 15 is 0 Å². The summed E-state index contributed by atoms with van der Waals surface area (Å²) in [6.07, 6.45) is 0. The number of primary sulfonamides is 1. The Labute approximate surface area is 185 Å². The molecular formula is C20H22N8O3S. The number of sulfonamides is 1. The number of hydrogen-bond acceptors (Lipinski definition) is 9. The molecule has 4 rings (SSSR count). The van der Waals surface area contributed by atoms with Crippen LogP contribution in [0.2, 0.25) is 0 Å². The van der Waals surface area contributed by atoms with Gasteiger partial charge in [0, 0.05) is 20.6 Å². The Bertz CT molecular complexity index is 1370. The Morgan fingerprint density at radius 1 is 1.03 bits per heavy atom. The molecule has 3 N–H and O–H groups in total. The van der Waals surface area contributed by atoms with Gasteiger partial charge in [0.15, 0.2) is 0 Å². The quantitative estimate of drug-likeness (QED) is 0.425. The minimum absolute atomic E-state index is 0.112. The lowest BCUT2D eigenvalue weighted by Crippen LogP contribution is -2.17. The molecule has 0 saturated carbocycles. The summed E-state index contributed by atoms with van der Waals surface area (Å²) in [6.45, 7) is 0.508. The first-order valence-electron chi connectivity index (χ1n) is 9.58. The molecule has 0 atom stereocenters. The Kier molecular flexibility index (Phi) is 5.63. The van der Waals surface area contributed by atoms with Crippen LogP contribution in [0.4, 0.5) is 11.9 Å². The monoisotopic (exact) mass is 454 g/mol. The molecule has 166 valence electrons. The molecule has 4 aromatic rings. The van der Waals surface area contributed by atoms with Gasteiger partial charge in [-0.15, -0.1) is 0 Å². The van der Waals surface area contributed by atoms with Crippen molar-refractivity contribution in [3.63, 3.8) is 0 Å². The Morgan fingerprint density at radius 2 is 1.78 bits per heavy atom. The zero-order valence-electron chi connectivity index (χ0n) is 17.7. The molecule has 0 bridgehead atoms. The molecule has 0 spiro atoms. The predicted octanol–water partition coefficient (Wildman–Crippen LogP) is 1.54. The Balaban J connectivity index is 1.86. The smallest absolute Gasteiger partial charge is 0.304 e. The van der Waals surface area contributed by atoms with Gasteiger partial charge in [-0.05, 0) is 17.7 Å². The Morgan fingerprint density at radius 3 is 2.44 bits per heavy atom. The number of nitrogens with zero attached hydrogens (tertiary/aromatic N) is 6. The van der Waals surface area contributed by atoms with Crippen LogP contribution in [0.3, 0.4) is 0 Å². The lowest BCUT2D eigenvalue weighted by atomic mass is 10.2. The van der Waals surface area contributed by atoms with Crippen molar-refractivity contribution in [2.75, 3.05) is 31.4 Å². The minimum atomic E-state index is -4.00. The van der Waals surface area contributed by atoms with Crippen LogP contribution < -0.4 is 20.1 Å². The fourth-order valence-corrected chi connectivity index (χ4v) is 3.81. The second kappa shape index (κ2) is 8.40. The molecular weight excluding hydrogens is 432 g/mol. The zero-order chi connectivity index (χ0) is 22.9. The van der Waals surface area contributed by atoms with Crippen molar-refractivity contribution in [2.45, 2.75) is 11.4 Å². The molecule has 0 radical (unpaired) electrons. The van der Waals surface area contributed by atoms with Gasteiger partial charge in [-0.2, -0.15) is 19.9 Å². The third-order valence-electron chi connectivity index (χ3n) is 4.61. The third kappa shape index (κ3) is 4.18. The molecule has 0 aliphatic rings. The van der Waals surface area contributed by atoms with Crippen LogP contribution in [0.5, 0.6) is 6.01 Å². The topological polar surface area (TPSA) is 141 Å². The standard InChI is InChI=1S/C20H22N8O3S/c1-27(2)18-24-17(22-12-13-8-5-4-6-9-13)25-19(26-18)28-14-10-7-11-15(32(21,29)30)16(14)23-20(28)31-3/h4-11H,12H2,1-3H3,(H2,21,29,30)(H,22,24,25,26). The van der Waals surface area contributed by atoms with E-state index in [1.54, 1.807) is 17.0 Å². The first kappa shape index (κ1) is 21.5. The highest BCUT2D eigenvalue weighted by Gasteiger charge is 2.23. The minimum Gasteiger partial charge on any atom is -0.468 e. The number of ether oxygens (including phenoxy) is 1. The Hall–Kier alpha value is -3.77. The molecule has 0 fully saturated rings. The third-order valence-corrected chi connectivity index (χ3v) is 5.55. The summed E-state index contributed by atoms with van der Waals surface area (Å²) < 4.78 is 31.0. The second-order valence-electron chi connectivity index (χ2n) is 7.10. The van der Waals surface area contributed by atoms with Crippen LogP contribution in [0.1, 0.15) is 5.56 Å². The average Bonchev–Trinajstić information content (AvgIpc) is 3.16. The van der Waals surface area contributed by atoms with E-state index in [1.165, 1.54) is 17.7 Å². The van der Waals surface area contributed by atoms with Crippen LogP contribution in [-0.4, -0.2) is 54.1 Å². The number of imidazole rings is 1. The fourth-order valence-electron chi connectivity index (χ4n) is 3.12. The van der Waals surface area contributed by atoms with Gasteiger partial charge in [-0.25, -0.2) is 18.1 Å². The number of fused-ring (bicyclic) bond motifs is 1. The number of para-hydroxylation sites is 1. The van der Waals surface area contributed by atoms with E-state index < -0.39 is 10.0 Å². The van der Waals surface area contributed by atoms with Crippen LogP contribution in [0.25, 0.3) is 17.0 Å². The van der Waals surface area contributed by atoms with Gasteiger partial charge < -0.3 is 15.0 Å². The molecule has 12 heteroatoms. The van der Waals surface area contributed by atoms with E-state index in [1.807, 2.05) is 44.4 Å². The van der Waals surface area contributed by atoms with Crippen molar-refractivity contribution < 1.29 is 13.2 Å². The van der Waals surface area contributed by atoms with Gasteiger partial charge in [0.1, 0.15) is 10.4 Å². The summed E-state index contributed by atoms with van der Waals surface area (Å²) in [5.74, 6) is 0.955. The van der Waals surface area contributed by atoms with Crippen molar-refractivity contribution in [2.24, 2.45) is 5.14 Å². The highest BCUT2D eigenvalue weighted by molar-refractivity contribution is 7.89. The molecule has 0 unspecified atom stereocenters. The van der Waals surface area contributed by atoms with Gasteiger partial charge in [-0.3, -0.25) is 0 Å². The lowest BCUT2D eigenvalue weighted by molar-refractivity contribution is 0.374. The molecule has 11 nitrogen and oxygen atoms in total. The molecule has 2 heterocycles. The zero-order valence-corrected chi connectivity index (χ0v) is 18.5. The molecule has 0 aliphatic heterocycles. The number of nitrogens with two attached hydrogens (primary N) is 1. The summed E-state index contributed by atoms with van der Waals surface area (Å²) in [5.41, 5.74) is 1.65. The molecule has 0 saturated heterocycles. The number of nitrogens with one attached hydrogen (secondary N) is 1. The van der Waals surface area contributed by atoms with Crippen LogP contribution >= 0.6 is 0 Å². The van der Waals surface area contributed by atoms with E-state index in [2.05, 4.69) is 25.3 Å². The molecule has 0 aliphatic carbocycles. The molecule has 2 aromatic heterocycles. The maximum absolute atomic E-state index is 12.0. The SMILES string of the molecule is COc1nc2c(S(N)(=O)=O)cccc2n1-c1nc(NCc2ccccc2)nc(N(C)C)n1. The predicted molar refractivity (Wildman–Crippen MR) is 120 cm³/mol. The highest BCUT2D eigenvalue weighted by Crippen LogP contribution is 2.29. The van der Waals surface area contributed by atoms with E-state index in [4.69, 9.17) is 9.88 Å². The lowest BCUT2D eigenvalue weighted by Gasteiger charge is -2.15. The number of hydrogen-bond donors (Lipinski definition) is 2. The van der Waals surface area contributed by atoms with E-state index in [0.29, 0.717) is 24.0 Å². The fraction of sp³-hybridized carbons (Fsp3) is 0.200. The molecule has 0 amide bonds. The highest BCUT2D eigenvalue weighted by atomic mass is 32.2. The number of anilines is 2. The van der Waals surface area contributed by atoms with Crippen LogP contribution in [-0.2, 0) is 16.6 Å². The van der Waals surface area contributed by atoms with Gasteiger partial charge in [0.05, 0.1) is 12.6 Å². The van der Waals surface area contributed by atoms with Crippen molar-refractivity contribution in [3.05, 3.63) is 54.1 Å². The maximum Gasteiger partial charge on any atom is 0.304 e. The largest absolute Gasteiger partial charge is 0.468 e. The summed E-state index contributed by atoms with van der Waals surface area (Å²) in [6, 6.07) is 14.6. The van der Waals surface area contributed by atoms with E-state index in [-0.39, 0.29) is 22.4 Å². The normalized spacial score (nSPS) is 11.5. The van der Waals surface area contributed by atoms with E-state index in [9.17, 15) is 8.42 Å². The summed E-state index contributed by atoms with van der Waals surface area (Å²) in [4.78, 5) is 19.4. The summed E-state index contributed by atoms with van der Waals surface area (Å²) in [7, 11) is 1.05. The van der Waals surface area contributed by atoms with Gasteiger partial charge in [0.2, 0.25) is 27.9 Å². The number of aromatic nitrogens is 5. The first-order chi connectivity index (χ1) is 15.3.